The molecule has 0 bridgehead atoms. The molecule has 2 fully saturated rings. The zero-order valence-electron chi connectivity index (χ0n) is 12.7. The molecule has 118 valence electrons. The van der Waals surface area contributed by atoms with Crippen LogP contribution in [0.15, 0.2) is 18.3 Å². The van der Waals surface area contributed by atoms with E-state index in [-0.39, 0.29) is 0 Å². The molecule has 0 spiro atoms. The number of H-pyrrole nitrogens is 1. The fourth-order valence-electron chi connectivity index (χ4n) is 3.76. The summed E-state index contributed by atoms with van der Waals surface area (Å²) in [6, 6.07) is 4.69. The number of rotatable bonds is 4. The summed E-state index contributed by atoms with van der Waals surface area (Å²) in [5.41, 5.74) is 1.29. The summed E-state index contributed by atoms with van der Waals surface area (Å²) in [4.78, 5) is 5.86. The van der Waals surface area contributed by atoms with E-state index in [1.807, 2.05) is 6.20 Å². The predicted molar refractivity (Wildman–Crippen MR) is 83.5 cm³/mol. The van der Waals surface area contributed by atoms with E-state index < -0.39 is 10.0 Å². The van der Waals surface area contributed by atoms with E-state index >= 15 is 0 Å². The van der Waals surface area contributed by atoms with Gasteiger partial charge in [0.25, 0.3) is 0 Å². The highest BCUT2D eigenvalue weighted by atomic mass is 32.2. The van der Waals surface area contributed by atoms with Gasteiger partial charge in [-0.3, -0.25) is 4.90 Å². The molecule has 0 aromatic carbocycles. The molecule has 0 amide bonds. The van der Waals surface area contributed by atoms with Gasteiger partial charge in [0.05, 0.1) is 6.26 Å². The van der Waals surface area contributed by atoms with E-state index in [9.17, 15) is 8.42 Å². The minimum absolute atomic E-state index is 0.462. The van der Waals surface area contributed by atoms with Crippen molar-refractivity contribution in [2.24, 2.45) is 5.92 Å². The number of hydrogen-bond acceptors (Lipinski definition) is 3. The van der Waals surface area contributed by atoms with Gasteiger partial charge in [-0.15, -0.1) is 0 Å². The average Bonchev–Trinajstić information content (AvgIpc) is 3.08. The molecule has 0 aliphatic carbocycles. The Balaban J connectivity index is 1.63. The summed E-state index contributed by atoms with van der Waals surface area (Å²) in [6.45, 7) is 3.51. The van der Waals surface area contributed by atoms with Crippen LogP contribution in [0.3, 0.4) is 0 Å². The number of aromatic amines is 1. The smallest absolute Gasteiger partial charge is 0.211 e. The third kappa shape index (κ3) is 3.49. The highest BCUT2D eigenvalue weighted by molar-refractivity contribution is 7.88. The van der Waals surface area contributed by atoms with E-state index in [4.69, 9.17) is 0 Å². The van der Waals surface area contributed by atoms with Crippen molar-refractivity contribution >= 4 is 10.0 Å². The lowest BCUT2D eigenvalue weighted by atomic mass is 9.98. The van der Waals surface area contributed by atoms with Crippen LogP contribution in [0, 0.1) is 5.92 Å². The lowest BCUT2D eigenvalue weighted by molar-refractivity contribution is 0.167. The fraction of sp³-hybridized carbons (Fsp3) is 0.733. The van der Waals surface area contributed by atoms with Gasteiger partial charge in [0.2, 0.25) is 10.0 Å². The number of hydrogen-bond donors (Lipinski definition) is 1. The Bertz CT molecular complexity index is 555. The van der Waals surface area contributed by atoms with E-state index in [0.717, 1.165) is 25.9 Å². The Hall–Kier alpha value is -0.850. The zero-order chi connectivity index (χ0) is 14.9. The van der Waals surface area contributed by atoms with Gasteiger partial charge >= 0.3 is 0 Å². The normalized spacial score (nSPS) is 29.0. The van der Waals surface area contributed by atoms with Crippen molar-refractivity contribution in [1.29, 1.82) is 0 Å². The van der Waals surface area contributed by atoms with E-state index in [0.29, 0.717) is 25.0 Å². The van der Waals surface area contributed by atoms with Gasteiger partial charge in [-0.1, -0.05) is 0 Å². The Morgan fingerprint density at radius 1 is 1.29 bits per heavy atom. The second-order valence-electron chi connectivity index (χ2n) is 6.41. The Kier molecular flexibility index (Phi) is 4.38. The Labute approximate surface area is 127 Å². The average molecular weight is 311 g/mol. The van der Waals surface area contributed by atoms with Crippen molar-refractivity contribution in [3.63, 3.8) is 0 Å². The third-order valence-corrected chi connectivity index (χ3v) is 6.06. The van der Waals surface area contributed by atoms with Crippen molar-refractivity contribution in [2.75, 3.05) is 32.4 Å². The van der Waals surface area contributed by atoms with E-state index in [2.05, 4.69) is 22.0 Å². The summed E-state index contributed by atoms with van der Waals surface area (Å²) in [6.07, 6.45) is 7.86. The molecular formula is C15H25N3O2S. The molecule has 2 aliphatic heterocycles. The first-order chi connectivity index (χ1) is 10.0. The summed E-state index contributed by atoms with van der Waals surface area (Å²) >= 11 is 0. The van der Waals surface area contributed by atoms with Crippen molar-refractivity contribution in [1.82, 2.24) is 14.2 Å². The van der Waals surface area contributed by atoms with Gasteiger partial charge in [-0.25, -0.2) is 12.7 Å². The molecule has 2 saturated heterocycles. The molecule has 3 rings (SSSR count). The summed E-state index contributed by atoms with van der Waals surface area (Å²) in [5, 5.41) is 0. The molecule has 3 heterocycles. The molecule has 0 radical (unpaired) electrons. The molecule has 21 heavy (non-hydrogen) atoms. The molecule has 1 aromatic rings. The summed E-state index contributed by atoms with van der Waals surface area (Å²) in [7, 11) is -3.04. The molecule has 5 nitrogen and oxygen atoms in total. The van der Waals surface area contributed by atoms with Gasteiger partial charge in [-0.2, -0.15) is 0 Å². The lowest BCUT2D eigenvalue weighted by Crippen LogP contribution is -2.43. The quantitative estimate of drug-likeness (QED) is 0.923. The van der Waals surface area contributed by atoms with Crippen molar-refractivity contribution < 1.29 is 8.42 Å². The third-order valence-electron chi connectivity index (χ3n) is 4.79. The highest BCUT2D eigenvalue weighted by Crippen LogP contribution is 2.32. The van der Waals surface area contributed by atoms with Crippen LogP contribution >= 0.6 is 0 Å². The van der Waals surface area contributed by atoms with Crippen molar-refractivity contribution in [3.05, 3.63) is 24.0 Å². The molecule has 1 aromatic heterocycles. The molecule has 2 atom stereocenters. The van der Waals surface area contributed by atoms with Crippen molar-refractivity contribution in [2.45, 2.75) is 31.7 Å². The van der Waals surface area contributed by atoms with Crippen LogP contribution in [0.25, 0.3) is 0 Å². The van der Waals surface area contributed by atoms with Crippen molar-refractivity contribution in [3.8, 4) is 0 Å². The highest BCUT2D eigenvalue weighted by Gasteiger charge is 2.32. The number of nitrogens with one attached hydrogen (secondary N) is 1. The minimum atomic E-state index is -3.04. The standard InChI is InChI=1S/C15H25N3O2S/c1-21(19,20)18-10-3-5-13(12-18)11-17-9-4-7-15(17)14-6-2-8-16-14/h2,6,8,13,15-16H,3-5,7,9-12H2,1H3/t13-,15+/m0/s1. The lowest BCUT2D eigenvalue weighted by Gasteiger charge is -2.35. The van der Waals surface area contributed by atoms with Crippen LogP contribution in [0.2, 0.25) is 0 Å². The monoisotopic (exact) mass is 311 g/mol. The van der Waals surface area contributed by atoms with E-state index in [1.165, 1.54) is 24.8 Å². The predicted octanol–water partition coefficient (Wildman–Crippen LogP) is 1.82. The second kappa shape index (κ2) is 6.10. The molecule has 2 aliphatic rings. The number of piperidine rings is 1. The summed E-state index contributed by atoms with van der Waals surface area (Å²) in [5.74, 6) is 0.462. The maximum atomic E-state index is 11.7. The van der Waals surface area contributed by atoms with Gasteiger partial charge < -0.3 is 4.98 Å². The SMILES string of the molecule is CS(=O)(=O)N1CCC[C@@H](CN2CCC[C@@H]2c2ccc[nH]2)C1. The Morgan fingerprint density at radius 3 is 2.81 bits per heavy atom. The van der Waals surface area contributed by atoms with Crippen LogP contribution in [0.4, 0.5) is 0 Å². The van der Waals surface area contributed by atoms with Crippen LogP contribution in [0.5, 0.6) is 0 Å². The second-order valence-corrected chi connectivity index (χ2v) is 8.39. The fourth-order valence-corrected chi connectivity index (χ4v) is 4.70. The molecular weight excluding hydrogens is 286 g/mol. The minimum Gasteiger partial charge on any atom is -0.364 e. The number of nitrogens with zero attached hydrogens (tertiary/aromatic N) is 2. The molecule has 0 saturated carbocycles. The number of sulfonamides is 1. The Morgan fingerprint density at radius 2 is 2.10 bits per heavy atom. The van der Waals surface area contributed by atoms with Gasteiger partial charge in [0, 0.05) is 37.6 Å². The van der Waals surface area contributed by atoms with Gasteiger partial charge in [-0.05, 0) is 50.3 Å². The van der Waals surface area contributed by atoms with Crippen LogP contribution in [-0.2, 0) is 10.0 Å². The topological polar surface area (TPSA) is 56.4 Å². The molecule has 1 N–H and O–H groups in total. The first-order valence-corrected chi connectivity index (χ1v) is 9.71. The zero-order valence-corrected chi connectivity index (χ0v) is 13.5. The maximum Gasteiger partial charge on any atom is 0.211 e. The van der Waals surface area contributed by atoms with E-state index in [1.54, 1.807) is 4.31 Å². The largest absolute Gasteiger partial charge is 0.364 e. The molecule has 6 heteroatoms. The summed E-state index contributed by atoms with van der Waals surface area (Å²) < 4.78 is 25.1. The van der Waals surface area contributed by atoms with Gasteiger partial charge in [0.15, 0.2) is 0 Å². The first kappa shape index (κ1) is 15.1. The number of likely N-dealkylation sites (tertiary alicyclic amines) is 1. The van der Waals surface area contributed by atoms with Crippen LogP contribution < -0.4 is 0 Å². The molecule has 0 unspecified atom stereocenters. The van der Waals surface area contributed by atoms with Crippen LogP contribution in [0.1, 0.15) is 37.4 Å². The van der Waals surface area contributed by atoms with Gasteiger partial charge in [0.1, 0.15) is 0 Å². The number of aromatic nitrogens is 1. The van der Waals surface area contributed by atoms with Crippen LogP contribution in [-0.4, -0.2) is 55.0 Å². The maximum absolute atomic E-state index is 11.7. The first-order valence-electron chi connectivity index (χ1n) is 7.86.